The standard InChI is InChI=1S/C10H14N2O5/c1-6-7(4-5-17-6)11-10(16)12-8(13)2-3-9(14)15/h2-3,6-7H,4-5H2,1H3,(H,14,15)(H2,11,12,13,16)/b3-2+. The predicted molar refractivity (Wildman–Crippen MR) is 57.3 cm³/mol. The van der Waals surface area contributed by atoms with Crippen molar-refractivity contribution in [2.75, 3.05) is 6.61 Å². The van der Waals surface area contributed by atoms with Crippen LogP contribution in [0.5, 0.6) is 0 Å². The lowest BCUT2D eigenvalue weighted by Crippen LogP contribution is -2.46. The molecule has 1 aliphatic heterocycles. The summed E-state index contributed by atoms with van der Waals surface area (Å²) in [6, 6.07) is -0.793. The van der Waals surface area contributed by atoms with E-state index in [1.807, 2.05) is 12.2 Å². The quantitative estimate of drug-likeness (QED) is 0.586. The number of carbonyl (C=O) groups is 3. The Morgan fingerprint density at radius 2 is 2.06 bits per heavy atom. The van der Waals surface area contributed by atoms with E-state index in [-0.39, 0.29) is 12.1 Å². The number of carboxylic acid groups (broad SMARTS) is 1. The van der Waals surface area contributed by atoms with Crippen molar-refractivity contribution in [1.82, 2.24) is 10.6 Å². The summed E-state index contributed by atoms with van der Waals surface area (Å²) in [6.07, 6.45) is 2.03. The fourth-order valence-electron chi connectivity index (χ4n) is 1.43. The molecule has 1 fully saturated rings. The van der Waals surface area contributed by atoms with Crippen LogP contribution in [-0.2, 0) is 14.3 Å². The Labute approximate surface area is 97.8 Å². The summed E-state index contributed by atoms with van der Waals surface area (Å²) >= 11 is 0. The van der Waals surface area contributed by atoms with Gasteiger partial charge in [0.05, 0.1) is 12.1 Å². The molecular formula is C10H14N2O5. The lowest BCUT2D eigenvalue weighted by molar-refractivity contribution is -0.131. The maximum atomic E-state index is 11.3. The summed E-state index contributed by atoms with van der Waals surface area (Å²) in [4.78, 5) is 32.5. The summed E-state index contributed by atoms with van der Waals surface area (Å²) in [7, 11) is 0. The van der Waals surface area contributed by atoms with Crippen molar-refractivity contribution in [2.24, 2.45) is 0 Å². The molecule has 0 aliphatic carbocycles. The van der Waals surface area contributed by atoms with Gasteiger partial charge in [0, 0.05) is 18.8 Å². The van der Waals surface area contributed by atoms with Gasteiger partial charge >= 0.3 is 12.0 Å². The largest absolute Gasteiger partial charge is 0.478 e. The zero-order chi connectivity index (χ0) is 12.8. The van der Waals surface area contributed by atoms with E-state index in [4.69, 9.17) is 9.84 Å². The molecule has 2 atom stereocenters. The topological polar surface area (TPSA) is 105 Å². The van der Waals surface area contributed by atoms with Crippen molar-refractivity contribution >= 4 is 17.9 Å². The molecule has 0 radical (unpaired) electrons. The van der Waals surface area contributed by atoms with Crippen molar-refractivity contribution in [3.8, 4) is 0 Å². The highest BCUT2D eigenvalue weighted by Crippen LogP contribution is 2.11. The van der Waals surface area contributed by atoms with Crippen molar-refractivity contribution in [3.63, 3.8) is 0 Å². The number of rotatable bonds is 3. The van der Waals surface area contributed by atoms with Crippen molar-refractivity contribution in [3.05, 3.63) is 12.2 Å². The molecule has 3 N–H and O–H groups in total. The normalized spacial score (nSPS) is 23.6. The molecule has 1 heterocycles. The van der Waals surface area contributed by atoms with Crippen LogP contribution in [0.2, 0.25) is 0 Å². The summed E-state index contributed by atoms with van der Waals surface area (Å²) in [5.41, 5.74) is 0. The first kappa shape index (κ1) is 13.2. The van der Waals surface area contributed by atoms with Crippen LogP contribution in [-0.4, -0.2) is 41.8 Å². The van der Waals surface area contributed by atoms with Gasteiger partial charge in [-0.3, -0.25) is 10.1 Å². The first-order chi connectivity index (χ1) is 7.99. The van der Waals surface area contributed by atoms with E-state index in [9.17, 15) is 14.4 Å². The van der Waals surface area contributed by atoms with Crippen molar-refractivity contribution in [2.45, 2.75) is 25.5 Å². The summed E-state index contributed by atoms with van der Waals surface area (Å²) in [5, 5.41) is 12.8. The number of hydrogen-bond donors (Lipinski definition) is 3. The zero-order valence-electron chi connectivity index (χ0n) is 9.30. The molecule has 1 saturated heterocycles. The van der Waals surface area contributed by atoms with E-state index in [2.05, 4.69) is 5.32 Å². The van der Waals surface area contributed by atoms with Crippen molar-refractivity contribution in [1.29, 1.82) is 0 Å². The number of ether oxygens (including phenoxy) is 1. The highest BCUT2D eigenvalue weighted by Gasteiger charge is 2.25. The van der Waals surface area contributed by atoms with Gasteiger partial charge in [-0.15, -0.1) is 0 Å². The Bertz CT molecular complexity index is 353. The summed E-state index contributed by atoms with van der Waals surface area (Å²) in [5.74, 6) is -2.03. The van der Waals surface area contributed by atoms with Crippen LogP contribution in [0, 0.1) is 0 Å². The lowest BCUT2D eigenvalue weighted by atomic mass is 10.2. The van der Waals surface area contributed by atoms with Crippen LogP contribution in [0.3, 0.4) is 0 Å². The second kappa shape index (κ2) is 6.00. The highest BCUT2D eigenvalue weighted by atomic mass is 16.5. The van der Waals surface area contributed by atoms with Gasteiger partial charge in [0.1, 0.15) is 0 Å². The Hall–Kier alpha value is -1.89. The summed E-state index contributed by atoms with van der Waals surface area (Å²) < 4.78 is 5.23. The molecular weight excluding hydrogens is 228 g/mol. The van der Waals surface area contributed by atoms with E-state index in [0.29, 0.717) is 19.1 Å². The smallest absolute Gasteiger partial charge is 0.328 e. The molecule has 7 heteroatoms. The number of imide groups is 1. The molecule has 1 aliphatic rings. The molecule has 17 heavy (non-hydrogen) atoms. The molecule has 7 nitrogen and oxygen atoms in total. The van der Waals surface area contributed by atoms with Crippen LogP contribution in [0.1, 0.15) is 13.3 Å². The van der Waals surface area contributed by atoms with Gasteiger partial charge in [-0.2, -0.15) is 0 Å². The number of carbonyl (C=O) groups excluding carboxylic acids is 2. The van der Waals surface area contributed by atoms with Crippen LogP contribution >= 0.6 is 0 Å². The summed E-state index contributed by atoms with van der Waals surface area (Å²) in [6.45, 7) is 2.39. The van der Waals surface area contributed by atoms with Gasteiger partial charge in [-0.1, -0.05) is 0 Å². The van der Waals surface area contributed by atoms with E-state index < -0.39 is 17.9 Å². The zero-order valence-corrected chi connectivity index (χ0v) is 9.30. The van der Waals surface area contributed by atoms with Gasteiger partial charge in [0.15, 0.2) is 0 Å². The average Bonchev–Trinajstić information content (AvgIpc) is 2.61. The van der Waals surface area contributed by atoms with E-state index in [1.165, 1.54) is 0 Å². The second-order valence-electron chi connectivity index (χ2n) is 3.61. The molecule has 0 aromatic rings. The average molecular weight is 242 g/mol. The monoisotopic (exact) mass is 242 g/mol. The Kier molecular flexibility index (Phi) is 4.65. The third-order valence-corrected chi connectivity index (χ3v) is 2.31. The number of urea groups is 1. The fraction of sp³-hybridized carbons (Fsp3) is 0.500. The third-order valence-electron chi connectivity index (χ3n) is 2.31. The molecule has 3 amide bonds. The first-order valence-corrected chi connectivity index (χ1v) is 5.13. The van der Waals surface area contributed by atoms with Crippen LogP contribution in [0.25, 0.3) is 0 Å². The second-order valence-corrected chi connectivity index (χ2v) is 3.61. The SMILES string of the molecule is CC1OCCC1NC(=O)NC(=O)/C=C/C(=O)O. The Balaban J connectivity index is 2.34. The number of carboxylic acids is 1. The molecule has 0 aromatic carbocycles. The van der Waals surface area contributed by atoms with Gasteiger partial charge in [-0.05, 0) is 13.3 Å². The minimum absolute atomic E-state index is 0.0922. The minimum Gasteiger partial charge on any atom is -0.478 e. The fourth-order valence-corrected chi connectivity index (χ4v) is 1.43. The number of nitrogens with one attached hydrogen (secondary N) is 2. The molecule has 0 bridgehead atoms. The first-order valence-electron chi connectivity index (χ1n) is 5.13. The van der Waals surface area contributed by atoms with Crippen LogP contribution < -0.4 is 10.6 Å². The van der Waals surface area contributed by atoms with E-state index in [1.54, 1.807) is 0 Å². The Morgan fingerprint density at radius 1 is 1.35 bits per heavy atom. The maximum absolute atomic E-state index is 11.3. The number of amides is 3. The predicted octanol–water partition coefficient (Wildman–Crippen LogP) is -0.370. The van der Waals surface area contributed by atoms with Gasteiger partial charge in [0.25, 0.3) is 5.91 Å². The number of hydrogen-bond acceptors (Lipinski definition) is 4. The van der Waals surface area contributed by atoms with Crippen molar-refractivity contribution < 1.29 is 24.2 Å². The maximum Gasteiger partial charge on any atom is 0.328 e. The molecule has 0 aromatic heterocycles. The number of aliphatic carboxylic acids is 1. The van der Waals surface area contributed by atoms with E-state index in [0.717, 1.165) is 6.08 Å². The van der Waals surface area contributed by atoms with E-state index >= 15 is 0 Å². The molecule has 94 valence electrons. The third kappa shape index (κ3) is 4.64. The molecule has 0 saturated carbocycles. The van der Waals surface area contributed by atoms with Crippen LogP contribution in [0.15, 0.2) is 12.2 Å². The molecule has 1 rings (SSSR count). The lowest BCUT2D eigenvalue weighted by Gasteiger charge is -2.15. The minimum atomic E-state index is -1.25. The highest BCUT2D eigenvalue weighted by molar-refractivity contribution is 6.02. The van der Waals surface area contributed by atoms with Crippen LogP contribution in [0.4, 0.5) is 4.79 Å². The molecule has 0 spiro atoms. The molecule has 2 unspecified atom stereocenters. The van der Waals surface area contributed by atoms with Gasteiger partial charge < -0.3 is 15.2 Å². The van der Waals surface area contributed by atoms with Gasteiger partial charge in [0.2, 0.25) is 0 Å². The Morgan fingerprint density at radius 3 is 2.59 bits per heavy atom. The van der Waals surface area contributed by atoms with Gasteiger partial charge in [-0.25, -0.2) is 9.59 Å².